The van der Waals surface area contributed by atoms with E-state index in [0.29, 0.717) is 39.4 Å². The van der Waals surface area contributed by atoms with Gasteiger partial charge in [0.15, 0.2) is 11.5 Å². The second-order valence-electron chi connectivity index (χ2n) is 7.56. The van der Waals surface area contributed by atoms with E-state index in [1.54, 1.807) is 31.2 Å². The van der Waals surface area contributed by atoms with Gasteiger partial charge in [-0.3, -0.25) is 9.59 Å². The second-order valence-corrected chi connectivity index (χ2v) is 8.00. The minimum Gasteiger partial charge on any atom is -0.482 e. The number of aryl methyl sites for hydroxylation is 1. The van der Waals surface area contributed by atoms with Crippen molar-refractivity contribution in [2.75, 3.05) is 6.54 Å². The molecule has 1 N–H and O–H groups in total. The Hall–Kier alpha value is -2.79. The molecule has 5 nitrogen and oxygen atoms in total. The lowest BCUT2D eigenvalue weighted by Gasteiger charge is -2.35. The zero-order chi connectivity index (χ0) is 20.8. The predicted molar refractivity (Wildman–Crippen MR) is 112 cm³/mol. The van der Waals surface area contributed by atoms with Crippen molar-refractivity contribution in [3.05, 3.63) is 63.9 Å². The van der Waals surface area contributed by atoms with Gasteiger partial charge in [-0.1, -0.05) is 30.7 Å². The summed E-state index contributed by atoms with van der Waals surface area (Å²) in [6, 6.07) is 10.8. The van der Waals surface area contributed by atoms with E-state index in [-0.39, 0.29) is 23.9 Å². The Morgan fingerprint density at radius 1 is 1.21 bits per heavy atom. The van der Waals surface area contributed by atoms with Gasteiger partial charge in [0.2, 0.25) is 0 Å². The first-order valence-electron chi connectivity index (χ1n) is 9.66. The molecule has 1 atom stereocenters. The number of ether oxygens (including phenoxy) is 1. The van der Waals surface area contributed by atoms with E-state index in [9.17, 15) is 9.59 Å². The smallest absolute Gasteiger partial charge is 0.287 e. The first-order valence-corrected chi connectivity index (χ1v) is 10.0. The van der Waals surface area contributed by atoms with Crippen molar-refractivity contribution in [1.29, 1.82) is 0 Å². The molecule has 2 heterocycles. The lowest BCUT2D eigenvalue weighted by Crippen LogP contribution is -2.36. The SMILES string of the molecule is CCCNC(=O)c1oc2ccc3c(c2c1C)C(=O)C[C@@](C)(c1ccc(Cl)cc1)O3. The second kappa shape index (κ2) is 7.23. The number of hydrogen-bond donors (Lipinski definition) is 1. The van der Waals surface area contributed by atoms with Crippen molar-refractivity contribution in [3.8, 4) is 5.75 Å². The van der Waals surface area contributed by atoms with Crippen molar-refractivity contribution in [3.63, 3.8) is 0 Å². The Balaban J connectivity index is 1.79. The van der Waals surface area contributed by atoms with Crippen LogP contribution in [-0.2, 0) is 5.60 Å². The maximum absolute atomic E-state index is 13.2. The van der Waals surface area contributed by atoms with Crippen LogP contribution in [0.5, 0.6) is 5.75 Å². The standard InChI is InChI=1S/C23H22ClNO4/c1-4-11-25-22(27)21-13(2)19-17(28-21)9-10-18-20(19)16(26)12-23(3,29-18)14-5-7-15(24)8-6-14/h5-10H,4,11-12H2,1-3H3,(H,25,27)/t23-/m0/s1. The maximum atomic E-state index is 13.2. The highest BCUT2D eigenvalue weighted by molar-refractivity contribution is 6.30. The van der Waals surface area contributed by atoms with Crippen LogP contribution < -0.4 is 10.1 Å². The fraction of sp³-hybridized carbons (Fsp3) is 0.304. The number of hydrogen-bond acceptors (Lipinski definition) is 4. The normalized spacial score (nSPS) is 18.4. The molecule has 0 fully saturated rings. The Bertz CT molecular complexity index is 1120. The van der Waals surface area contributed by atoms with Gasteiger partial charge in [-0.05, 0) is 50.1 Å². The van der Waals surface area contributed by atoms with Crippen LogP contribution in [0.15, 0.2) is 40.8 Å². The molecule has 3 aromatic rings. The van der Waals surface area contributed by atoms with Gasteiger partial charge in [-0.25, -0.2) is 0 Å². The molecule has 29 heavy (non-hydrogen) atoms. The highest BCUT2D eigenvalue weighted by Crippen LogP contribution is 2.44. The van der Waals surface area contributed by atoms with E-state index in [0.717, 1.165) is 12.0 Å². The van der Waals surface area contributed by atoms with Crippen molar-refractivity contribution in [2.45, 2.75) is 39.2 Å². The minimum atomic E-state index is -0.790. The molecule has 0 aliphatic carbocycles. The average molecular weight is 412 g/mol. The quantitative estimate of drug-likeness (QED) is 0.622. The van der Waals surface area contributed by atoms with Gasteiger partial charge >= 0.3 is 0 Å². The number of Topliss-reactive ketones (excluding diaryl/α,β-unsaturated/α-hetero) is 1. The van der Waals surface area contributed by atoms with E-state index in [1.165, 1.54) is 0 Å². The molecule has 1 amide bonds. The van der Waals surface area contributed by atoms with Gasteiger partial charge < -0.3 is 14.5 Å². The summed E-state index contributed by atoms with van der Waals surface area (Å²) in [7, 11) is 0. The number of halogens is 1. The highest BCUT2D eigenvalue weighted by Gasteiger charge is 2.40. The molecule has 0 unspecified atom stereocenters. The molecule has 1 aromatic heterocycles. The predicted octanol–water partition coefficient (Wildman–Crippen LogP) is 5.42. The Morgan fingerprint density at radius 2 is 1.93 bits per heavy atom. The third-order valence-electron chi connectivity index (χ3n) is 5.37. The van der Waals surface area contributed by atoms with Crippen molar-refractivity contribution in [1.82, 2.24) is 5.32 Å². The summed E-state index contributed by atoms with van der Waals surface area (Å²) in [5.41, 5.74) is 1.73. The average Bonchev–Trinajstić information content (AvgIpc) is 3.03. The molecule has 0 spiro atoms. The molecular weight excluding hydrogens is 390 g/mol. The summed E-state index contributed by atoms with van der Waals surface area (Å²) < 4.78 is 12.1. The molecule has 2 aromatic carbocycles. The molecule has 1 aliphatic rings. The van der Waals surface area contributed by atoms with Crippen LogP contribution in [0.25, 0.3) is 11.0 Å². The number of amides is 1. The summed E-state index contributed by atoms with van der Waals surface area (Å²) in [4.78, 5) is 25.6. The topological polar surface area (TPSA) is 68.5 Å². The van der Waals surface area contributed by atoms with Gasteiger partial charge in [-0.2, -0.15) is 0 Å². The minimum absolute atomic E-state index is 0.0429. The zero-order valence-electron chi connectivity index (χ0n) is 16.6. The molecule has 150 valence electrons. The summed E-state index contributed by atoms with van der Waals surface area (Å²) in [6.07, 6.45) is 1.01. The molecular formula is C23H22ClNO4. The lowest BCUT2D eigenvalue weighted by atomic mass is 9.84. The first-order chi connectivity index (χ1) is 13.8. The van der Waals surface area contributed by atoms with Crippen molar-refractivity contribution in [2.24, 2.45) is 0 Å². The summed E-state index contributed by atoms with van der Waals surface area (Å²) >= 11 is 6.00. The monoisotopic (exact) mass is 411 g/mol. The Morgan fingerprint density at radius 3 is 2.62 bits per heavy atom. The molecule has 4 rings (SSSR count). The number of carbonyl (C=O) groups excluding carboxylic acids is 2. The summed E-state index contributed by atoms with van der Waals surface area (Å²) in [6.45, 7) is 6.24. The van der Waals surface area contributed by atoms with Gasteiger partial charge in [0, 0.05) is 22.5 Å². The van der Waals surface area contributed by atoms with Crippen LogP contribution in [0.3, 0.4) is 0 Å². The van der Waals surface area contributed by atoms with Crippen LogP contribution in [-0.4, -0.2) is 18.2 Å². The highest BCUT2D eigenvalue weighted by atomic mass is 35.5. The molecule has 6 heteroatoms. The first kappa shape index (κ1) is 19.5. The van der Waals surface area contributed by atoms with E-state index in [1.807, 2.05) is 26.0 Å². The number of fused-ring (bicyclic) bond motifs is 3. The van der Waals surface area contributed by atoms with E-state index in [2.05, 4.69) is 5.32 Å². The summed E-state index contributed by atoms with van der Waals surface area (Å²) in [5, 5.41) is 4.10. The van der Waals surface area contributed by atoms with E-state index in [4.69, 9.17) is 20.8 Å². The molecule has 0 bridgehead atoms. The maximum Gasteiger partial charge on any atom is 0.287 e. The fourth-order valence-corrected chi connectivity index (χ4v) is 3.98. The van der Waals surface area contributed by atoms with Crippen molar-refractivity contribution >= 4 is 34.3 Å². The lowest BCUT2D eigenvalue weighted by molar-refractivity contribution is 0.0507. The fourth-order valence-electron chi connectivity index (χ4n) is 3.86. The van der Waals surface area contributed by atoms with Gasteiger partial charge in [0.05, 0.1) is 12.0 Å². The van der Waals surface area contributed by atoms with Crippen LogP contribution in [0.2, 0.25) is 5.02 Å². The van der Waals surface area contributed by atoms with Gasteiger partial charge in [-0.15, -0.1) is 0 Å². The van der Waals surface area contributed by atoms with E-state index < -0.39 is 5.60 Å². The molecule has 0 radical (unpaired) electrons. The number of benzene rings is 2. The van der Waals surface area contributed by atoms with Crippen molar-refractivity contribution < 1.29 is 18.7 Å². The number of ketones is 1. The van der Waals surface area contributed by atoms with Crippen LogP contribution in [0.4, 0.5) is 0 Å². The Labute approximate surface area is 174 Å². The van der Waals surface area contributed by atoms with Gasteiger partial charge in [0.25, 0.3) is 5.91 Å². The molecule has 1 aliphatic heterocycles. The molecule has 0 saturated carbocycles. The van der Waals surface area contributed by atoms with Gasteiger partial charge in [0.1, 0.15) is 16.9 Å². The number of carbonyl (C=O) groups is 2. The third-order valence-corrected chi connectivity index (χ3v) is 5.62. The zero-order valence-corrected chi connectivity index (χ0v) is 17.4. The summed E-state index contributed by atoms with van der Waals surface area (Å²) in [5.74, 6) is 0.416. The molecule has 0 saturated heterocycles. The van der Waals surface area contributed by atoms with Crippen LogP contribution >= 0.6 is 11.6 Å². The Kier molecular flexibility index (Phi) is 4.87. The largest absolute Gasteiger partial charge is 0.482 e. The third kappa shape index (κ3) is 3.29. The van der Waals surface area contributed by atoms with Crippen LogP contribution in [0, 0.1) is 6.92 Å². The van der Waals surface area contributed by atoms with Crippen LogP contribution in [0.1, 0.15) is 58.7 Å². The van der Waals surface area contributed by atoms with E-state index >= 15 is 0 Å². The number of nitrogens with one attached hydrogen (secondary N) is 1. The number of furan rings is 1. The number of rotatable bonds is 4.